The van der Waals surface area contributed by atoms with E-state index in [-0.39, 0.29) is 18.3 Å². The van der Waals surface area contributed by atoms with E-state index in [4.69, 9.17) is 5.11 Å². The molecule has 0 aliphatic heterocycles. The molecule has 0 heterocycles. The Hall–Kier alpha value is -1.15. The van der Waals surface area contributed by atoms with E-state index < -0.39 is 0 Å². The van der Waals surface area contributed by atoms with Crippen LogP contribution < -0.4 is 0 Å². The molecule has 0 saturated heterocycles. The number of hydrogen-bond acceptors (Lipinski definition) is 2. The van der Waals surface area contributed by atoms with Crippen LogP contribution in [0.25, 0.3) is 0 Å². The maximum atomic E-state index is 11.6. The number of benzene rings is 1. The number of carbonyl (C=O) groups excluding carboxylic acids is 1. The molecule has 0 aliphatic rings. The van der Waals surface area contributed by atoms with E-state index in [1.54, 1.807) is 0 Å². The Labute approximate surface area is 84.6 Å². The molecule has 1 rings (SSSR count). The summed E-state index contributed by atoms with van der Waals surface area (Å²) in [5.41, 5.74) is 0.762. The van der Waals surface area contributed by atoms with Gasteiger partial charge in [0.15, 0.2) is 5.78 Å². The van der Waals surface area contributed by atoms with Crippen molar-refractivity contribution in [1.82, 2.24) is 0 Å². The molecule has 2 nitrogen and oxygen atoms in total. The van der Waals surface area contributed by atoms with Crippen LogP contribution in [0.4, 0.5) is 0 Å². The minimum Gasteiger partial charge on any atom is -0.396 e. The fourth-order valence-electron chi connectivity index (χ4n) is 1.24. The molecule has 0 spiro atoms. The number of rotatable bonds is 5. The van der Waals surface area contributed by atoms with Crippen molar-refractivity contribution in [3.8, 4) is 0 Å². The Morgan fingerprint density at radius 3 is 2.57 bits per heavy atom. The van der Waals surface area contributed by atoms with E-state index in [2.05, 4.69) is 0 Å². The van der Waals surface area contributed by atoms with E-state index in [0.29, 0.717) is 6.42 Å². The molecular formula is C12H16O2. The van der Waals surface area contributed by atoms with Crippen molar-refractivity contribution in [1.29, 1.82) is 0 Å². The molecule has 1 N–H and O–H groups in total. The van der Waals surface area contributed by atoms with Gasteiger partial charge in [-0.2, -0.15) is 0 Å². The standard InChI is InChI=1S/C12H16O2/c1-10(9-13)7-8-12(14)11-5-3-2-4-6-11/h2-6,10,13H,7-9H2,1H3. The summed E-state index contributed by atoms with van der Waals surface area (Å²) in [6.45, 7) is 2.10. The van der Waals surface area contributed by atoms with Crippen molar-refractivity contribution in [3.05, 3.63) is 35.9 Å². The highest BCUT2D eigenvalue weighted by atomic mass is 16.3. The zero-order chi connectivity index (χ0) is 10.4. The molecule has 0 saturated carbocycles. The lowest BCUT2D eigenvalue weighted by atomic mass is 10.0. The third kappa shape index (κ3) is 3.30. The third-order valence-corrected chi connectivity index (χ3v) is 2.27. The second-order valence-corrected chi connectivity index (χ2v) is 3.62. The zero-order valence-electron chi connectivity index (χ0n) is 8.44. The monoisotopic (exact) mass is 192 g/mol. The summed E-state index contributed by atoms with van der Waals surface area (Å²) in [5.74, 6) is 0.369. The van der Waals surface area contributed by atoms with Gasteiger partial charge in [-0.15, -0.1) is 0 Å². The highest BCUT2D eigenvalue weighted by Gasteiger charge is 2.07. The van der Waals surface area contributed by atoms with Gasteiger partial charge in [0.25, 0.3) is 0 Å². The summed E-state index contributed by atoms with van der Waals surface area (Å²) in [7, 11) is 0. The number of aliphatic hydroxyl groups is 1. The van der Waals surface area contributed by atoms with Gasteiger partial charge in [-0.25, -0.2) is 0 Å². The molecule has 0 fully saturated rings. The van der Waals surface area contributed by atoms with Gasteiger partial charge in [-0.3, -0.25) is 4.79 Å². The van der Waals surface area contributed by atoms with Crippen molar-refractivity contribution in [2.75, 3.05) is 6.61 Å². The largest absolute Gasteiger partial charge is 0.396 e. The van der Waals surface area contributed by atoms with Gasteiger partial charge in [0.1, 0.15) is 0 Å². The number of hydrogen-bond donors (Lipinski definition) is 1. The molecule has 0 bridgehead atoms. The van der Waals surface area contributed by atoms with Crippen LogP contribution in [0.5, 0.6) is 0 Å². The van der Waals surface area contributed by atoms with Crippen LogP contribution in [0.2, 0.25) is 0 Å². The highest BCUT2D eigenvalue weighted by Crippen LogP contribution is 2.09. The molecule has 1 atom stereocenters. The predicted octanol–water partition coefficient (Wildman–Crippen LogP) is 2.28. The van der Waals surface area contributed by atoms with Crippen molar-refractivity contribution < 1.29 is 9.90 Å². The topological polar surface area (TPSA) is 37.3 Å². The first-order chi connectivity index (χ1) is 6.74. The van der Waals surface area contributed by atoms with Crippen molar-refractivity contribution in [3.63, 3.8) is 0 Å². The quantitative estimate of drug-likeness (QED) is 0.727. The molecule has 14 heavy (non-hydrogen) atoms. The van der Waals surface area contributed by atoms with Gasteiger partial charge in [0, 0.05) is 18.6 Å². The van der Waals surface area contributed by atoms with Crippen LogP contribution in [-0.4, -0.2) is 17.5 Å². The van der Waals surface area contributed by atoms with Crippen LogP contribution in [0.1, 0.15) is 30.1 Å². The van der Waals surface area contributed by atoms with Crippen LogP contribution >= 0.6 is 0 Å². The Kier molecular flexibility index (Phi) is 4.33. The van der Waals surface area contributed by atoms with Crippen LogP contribution in [-0.2, 0) is 0 Å². The molecule has 1 aromatic rings. The van der Waals surface area contributed by atoms with Crippen molar-refractivity contribution in [2.24, 2.45) is 5.92 Å². The molecule has 0 radical (unpaired) electrons. The summed E-state index contributed by atoms with van der Waals surface area (Å²) in [6.07, 6.45) is 1.27. The Bertz CT molecular complexity index is 280. The van der Waals surface area contributed by atoms with Gasteiger partial charge in [0.2, 0.25) is 0 Å². The molecule has 0 amide bonds. The van der Waals surface area contributed by atoms with Crippen molar-refractivity contribution in [2.45, 2.75) is 19.8 Å². The Morgan fingerprint density at radius 1 is 1.36 bits per heavy atom. The van der Waals surface area contributed by atoms with Crippen LogP contribution in [0.3, 0.4) is 0 Å². The number of aliphatic hydroxyl groups excluding tert-OH is 1. The number of Topliss-reactive ketones (excluding diaryl/α,β-unsaturated/α-hetero) is 1. The van der Waals surface area contributed by atoms with E-state index in [1.807, 2.05) is 37.3 Å². The smallest absolute Gasteiger partial charge is 0.162 e. The lowest BCUT2D eigenvalue weighted by Crippen LogP contribution is -2.05. The molecule has 0 aliphatic carbocycles. The second kappa shape index (κ2) is 5.55. The van der Waals surface area contributed by atoms with E-state index in [1.165, 1.54) is 0 Å². The zero-order valence-corrected chi connectivity index (χ0v) is 8.44. The fraction of sp³-hybridized carbons (Fsp3) is 0.417. The first-order valence-electron chi connectivity index (χ1n) is 4.93. The maximum absolute atomic E-state index is 11.6. The summed E-state index contributed by atoms with van der Waals surface area (Å²) >= 11 is 0. The molecule has 1 aromatic carbocycles. The van der Waals surface area contributed by atoms with E-state index in [0.717, 1.165) is 12.0 Å². The molecule has 1 unspecified atom stereocenters. The Morgan fingerprint density at radius 2 is 2.00 bits per heavy atom. The van der Waals surface area contributed by atoms with Gasteiger partial charge in [-0.05, 0) is 12.3 Å². The van der Waals surface area contributed by atoms with Gasteiger partial charge < -0.3 is 5.11 Å². The summed E-state index contributed by atoms with van der Waals surface area (Å²) < 4.78 is 0. The summed E-state index contributed by atoms with van der Waals surface area (Å²) in [6, 6.07) is 9.27. The first-order valence-corrected chi connectivity index (χ1v) is 4.93. The molecule has 0 aromatic heterocycles. The fourth-order valence-corrected chi connectivity index (χ4v) is 1.24. The SMILES string of the molecule is CC(CO)CCC(=O)c1ccccc1. The lowest BCUT2D eigenvalue weighted by molar-refractivity contribution is 0.0969. The van der Waals surface area contributed by atoms with E-state index in [9.17, 15) is 4.79 Å². The molecule has 2 heteroatoms. The van der Waals surface area contributed by atoms with Gasteiger partial charge in [0.05, 0.1) is 0 Å². The average molecular weight is 192 g/mol. The van der Waals surface area contributed by atoms with Crippen LogP contribution in [0, 0.1) is 5.92 Å². The number of ketones is 1. The maximum Gasteiger partial charge on any atom is 0.162 e. The van der Waals surface area contributed by atoms with Crippen LogP contribution in [0.15, 0.2) is 30.3 Å². The van der Waals surface area contributed by atoms with E-state index >= 15 is 0 Å². The predicted molar refractivity (Wildman–Crippen MR) is 56.3 cm³/mol. The average Bonchev–Trinajstić information content (AvgIpc) is 2.26. The Balaban J connectivity index is 2.44. The molecular weight excluding hydrogens is 176 g/mol. The summed E-state index contributed by atoms with van der Waals surface area (Å²) in [5, 5.41) is 8.81. The first kappa shape index (κ1) is 10.9. The number of carbonyl (C=O) groups is 1. The minimum absolute atomic E-state index is 0.155. The summed E-state index contributed by atoms with van der Waals surface area (Å²) in [4.78, 5) is 11.6. The highest BCUT2D eigenvalue weighted by molar-refractivity contribution is 5.95. The van der Waals surface area contributed by atoms with Gasteiger partial charge in [-0.1, -0.05) is 37.3 Å². The third-order valence-electron chi connectivity index (χ3n) is 2.27. The lowest BCUT2D eigenvalue weighted by Gasteiger charge is -2.06. The normalized spacial score (nSPS) is 12.4. The minimum atomic E-state index is 0.155. The van der Waals surface area contributed by atoms with Gasteiger partial charge >= 0.3 is 0 Å². The van der Waals surface area contributed by atoms with Crippen molar-refractivity contribution >= 4 is 5.78 Å². The second-order valence-electron chi connectivity index (χ2n) is 3.62. The molecule has 76 valence electrons.